The Morgan fingerprint density at radius 3 is 2.10 bits per heavy atom. The predicted octanol–water partition coefficient (Wildman–Crippen LogP) is 4.47. The molecule has 0 aliphatic carbocycles. The van der Waals surface area contributed by atoms with Gasteiger partial charge in [-0.2, -0.15) is 0 Å². The van der Waals surface area contributed by atoms with Crippen molar-refractivity contribution in [2.24, 2.45) is 0 Å². The number of amides is 1. The molecule has 1 amide bonds. The first-order chi connectivity index (χ1) is 19.2. The number of ether oxygens (including phenoxy) is 1. The molecular formula is C31H27FN2O6. The summed E-state index contributed by atoms with van der Waals surface area (Å²) in [5.74, 6) is -3.03. The Bertz CT molecular complexity index is 1560. The minimum atomic E-state index is -1.50. The van der Waals surface area contributed by atoms with Gasteiger partial charge in [-0.05, 0) is 42.3 Å². The molecule has 204 valence electrons. The number of aromatic nitrogens is 1. The summed E-state index contributed by atoms with van der Waals surface area (Å²) in [4.78, 5) is 39.9. The van der Waals surface area contributed by atoms with E-state index < -0.39 is 45.9 Å². The zero-order valence-corrected chi connectivity index (χ0v) is 21.7. The minimum absolute atomic E-state index is 0.0652. The number of hydrogen-bond acceptors (Lipinski definition) is 5. The first-order valence-electron chi connectivity index (χ1n) is 12.7. The maximum Gasteiger partial charge on any atom is 0.341 e. The summed E-state index contributed by atoms with van der Waals surface area (Å²) in [6.45, 7) is 2.28. The minimum Gasteiger partial charge on any atom is -0.503 e. The Hall–Kier alpha value is -4.92. The van der Waals surface area contributed by atoms with E-state index in [4.69, 9.17) is 4.74 Å². The number of rotatable bonds is 8. The fraction of sp³-hybridized carbons (Fsp3) is 0.194. The lowest BCUT2D eigenvalue weighted by molar-refractivity contribution is 0.0583. The molecule has 0 fully saturated rings. The van der Waals surface area contributed by atoms with Gasteiger partial charge in [-0.15, -0.1) is 0 Å². The molecule has 8 nitrogen and oxygen atoms in total. The summed E-state index contributed by atoms with van der Waals surface area (Å²) in [6, 6.07) is 24.0. The van der Waals surface area contributed by atoms with Crippen LogP contribution < -0.4 is 10.2 Å². The summed E-state index contributed by atoms with van der Waals surface area (Å²) >= 11 is 0. The zero-order valence-electron chi connectivity index (χ0n) is 21.7. The molecular weight excluding hydrogens is 515 g/mol. The molecule has 0 bridgehead atoms. The Morgan fingerprint density at radius 2 is 1.55 bits per heavy atom. The number of pyridine rings is 1. The molecule has 5 rings (SSSR count). The number of aromatic hydroxyl groups is 1. The highest BCUT2D eigenvalue weighted by atomic mass is 19.1. The van der Waals surface area contributed by atoms with Gasteiger partial charge < -0.3 is 24.4 Å². The molecule has 1 atom stereocenters. The second kappa shape index (κ2) is 10.7. The zero-order chi connectivity index (χ0) is 28.4. The highest BCUT2D eigenvalue weighted by Crippen LogP contribution is 2.45. The van der Waals surface area contributed by atoms with E-state index in [-0.39, 0.29) is 25.4 Å². The van der Waals surface area contributed by atoms with Crippen molar-refractivity contribution in [3.05, 3.63) is 130 Å². The number of halogens is 1. The van der Waals surface area contributed by atoms with Crippen LogP contribution in [0.5, 0.6) is 11.5 Å². The lowest BCUT2D eigenvalue weighted by Crippen LogP contribution is -2.52. The Balaban J connectivity index is 1.64. The van der Waals surface area contributed by atoms with Gasteiger partial charge in [-0.25, -0.2) is 9.18 Å². The van der Waals surface area contributed by atoms with Crippen molar-refractivity contribution in [1.29, 1.82) is 0 Å². The summed E-state index contributed by atoms with van der Waals surface area (Å²) in [5, 5.41) is 20.6. The molecule has 1 aromatic heterocycles. The first kappa shape index (κ1) is 26.7. The normalized spacial score (nSPS) is 15.0. The van der Waals surface area contributed by atoms with Crippen LogP contribution in [0.15, 0.2) is 95.9 Å². The van der Waals surface area contributed by atoms with Crippen LogP contribution in [0, 0.1) is 5.82 Å². The van der Waals surface area contributed by atoms with E-state index in [0.29, 0.717) is 5.75 Å². The van der Waals surface area contributed by atoms with Gasteiger partial charge in [0.2, 0.25) is 5.43 Å². The standard InChI is InChI=1S/C31H27FN2O6/c1-31(20-8-4-2-5-9-20,21-10-6-3-7-11-21)25-19-33(16-17-40-23-14-12-22(32)13-15-23)29(37)26-28(36)27(35)24(30(38)39)18-34(25)26/h2-15,18,25,36H,16-17,19H2,1H3,(H,38,39)/t25-/m1/s1. The Kier molecular flexibility index (Phi) is 7.13. The average Bonchev–Trinajstić information content (AvgIpc) is 2.97. The van der Waals surface area contributed by atoms with Gasteiger partial charge in [0.1, 0.15) is 23.7 Å². The van der Waals surface area contributed by atoms with Crippen molar-refractivity contribution < 1.29 is 28.9 Å². The lowest BCUT2D eigenvalue weighted by Gasteiger charge is -2.46. The van der Waals surface area contributed by atoms with E-state index in [0.717, 1.165) is 17.3 Å². The van der Waals surface area contributed by atoms with E-state index in [2.05, 4.69) is 0 Å². The third kappa shape index (κ3) is 4.70. The van der Waals surface area contributed by atoms with E-state index in [1.165, 1.54) is 33.7 Å². The molecule has 0 spiro atoms. The van der Waals surface area contributed by atoms with Crippen LogP contribution in [0.1, 0.15) is 44.9 Å². The summed E-state index contributed by atoms with van der Waals surface area (Å²) in [5.41, 5.74) is -1.09. The molecule has 1 aliphatic rings. The van der Waals surface area contributed by atoms with Gasteiger partial charge in [0.05, 0.1) is 12.6 Å². The van der Waals surface area contributed by atoms with Crippen LogP contribution >= 0.6 is 0 Å². The van der Waals surface area contributed by atoms with Gasteiger partial charge in [0, 0.05) is 18.2 Å². The van der Waals surface area contributed by atoms with Gasteiger partial charge in [0.25, 0.3) is 5.91 Å². The molecule has 3 aromatic carbocycles. The highest BCUT2D eigenvalue weighted by Gasteiger charge is 2.46. The van der Waals surface area contributed by atoms with Crippen molar-refractivity contribution in [2.75, 3.05) is 19.7 Å². The smallest absolute Gasteiger partial charge is 0.341 e. The van der Waals surface area contributed by atoms with Crippen LogP contribution in [-0.4, -0.2) is 51.3 Å². The average molecular weight is 543 g/mol. The fourth-order valence-electron chi connectivity index (χ4n) is 5.34. The predicted molar refractivity (Wildman–Crippen MR) is 145 cm³/mol. The van der Waals surface area contributed by atoms with E-state index >= 15 is 0 Å². The van der Waals surface area contributed by atoms with Crippen molar-refractivity contribution in [2.45, 2.75) is 18.4 Å². The molecule has 2 heterocycles. The number of hydrogen-bond donors (Lipinski definition) is 2. The van der Waals surface area contributed by atoms with Crippen LogP contribution in [0.25, 0.3) is 0 Å². The van der Waals surface area contributed by atoms with E-state index in [1.54, 1.807) is 0 Å². The summed E-state index contributed by atoms with van der Waals surface area (Å²) in [6.07, 6.45) is 1.15. The van der Waals surface area contributed by atoms with Crippen LogP contribution in [0.3, 0.4) is 0 Å². The molecule has 0 unspecified atom stereocenters. The number of benzene rings is 3. The van der Waals surface area contributed by atoms with Gasteiger partial charge in [-0.1, -0.05) is 60.7 Å². The summed E-state index contributed by atoms with van der Waals surface area (Å²) < 4.78 is 20.4. The van der Waals surface area contributed by atoms with Crippen LogP contribution in [0.2, 0.25) is 0 Å². The largest absolute Gasteiger partial charge is 0.503 e. The number of carboxylic acid groups (broad SMARTS) is 1. The van der Waals surface area contributed by atoms with Gasteiger partial charge >= 0.3 is 5.97 Å². The molecule has 0 saturated heterocycles. The van der Waals surface area contributed by atoms with Crippen molar-refractivity contribution >= 4 is 11.9 Å². The van der Waals surface area contributed by atoms with Gasteiger partial charge in [0.15, 0.2) is 11.4 Å². The SMILES string of the molecule is CC(c1ccccc1)(c1ccccc1)[C@H]1CN(CCOc2ccc(F)cc2)C(=O)c2c(O)c(=O)c(C(=O)O)cn21. The third-order valence-electron chi connectivity index (χ3n) is 7.52. The molecule has 4 aromatic rings. The quantitative estimate of drug-likeness (QED) is 0.340. The Morgan fingerprint density at radius 1 is 0.975 bits per heavy atom. The second-order valence-corrected chi connectivity index (χ2v) is 9.79. The topological polar surface area (TPSA) is 109 Å². The first-order valence-corrected chi connectivity index (χ1v) is 12.7. The molecule has 2 N–H and O–H groups in total. The fourth-order valence-corrected chi connectivity index (χ4v) is 5.34. The number of fused-ring (bicyclic) bond motifs is 1. The van der Waals surface area contributed by atoms with Crippen LogP contribution in [-0.2, 0) is 5.41 Å². The molecule has 1 aliphatic heterocycles. The Labute approximate surface area is 229 Å². The second-order valence-electron chi connectivity index (χ2n) is 9.79. The number of nitrogens with zero attached hydrogens (tertiary/aromatic N) is 2. The highest BCUT2D eigenvalue weighted by molar-refractivity contribution is 5.97. The molecule has 0 radical (unpaired) electrons. The monoisotopic (exact) mass is 542 g/mol. The lowest BCUT2D eigenvalue weighted by atomic mass is 9.69. The van der Waals surface area contributed by atoms with Crippen LogP contribution in [0.4, 0.5) is 4.39 Å². The number of carbonyl (C=O) groups is 2. The third-order valence-corrected chi connectivity index (χ3v) is 7.52. The molecule has 9 heteroatoms. The number of aromatic carboxylic acids is 1. The van der Waals surface area contributed by atoms with E-state index in [1.807, 2.05) is 67.6 Å². The van der Waals surface area contributed by atoms with Crippen molar-refractivity contribution in [3.8, 4) is 11.5 Å². The maximum atomic E-state index is 13.7. The van der Waals surface area contributed by atoms with Gasteiger partial charge in [-0.3, -0.25) is 9.59 Å². The maximum absolute atomic E-state index is 13.7. The van der Waals surface area contributed by atoms with Crippen molar-refractivity contribution in [1.82, 2.24) is 9.47 Å². The summed E-state index contributed by atoms with van der Waals surface area (Å²) in [7, 11) is 0. The number of carboxylic acids is 1. The molecule has 0 saturated carbocycles. The van der Waals surface area contributed by atoms with Crippen molar-refractivity contribution in [3.63, 3.8) is 0 Å². The number of carbonyl (C=O) groups excluding carboxylic acids is 1. The molecule has 40 heavy (non-hydrogen) atoms. The van der Waals surface area contributed by atoms with E-state index in [9.17, 15) is 29.0 Å².